The lowest BCUT2D eigenvalue weighted by molar-refractivity contribution is 0.0279. The third-order valence-electron chi connectivity index (χ3n) is 3.33. The Balaban J connectivity index is 1.71. The van der Waals surface area contributed by atoms with Crippen molar-refractivity contribution in [2.24, 2.45) is 0 Å². The number of rotatable bonds is 4. The fraction of sp³-hybridized carbons (Fsp3) is 0.176. The predicted molar refractivity (Wildman–Crippen MR) is 87.5 cm³/mol. The van der Waals surface area contributed by atoms with Crippen LogP contribution in [0.4, 0.5) is 0 Å². The summed E-state index contributed by atoms with van der Waals surface area (Å²) in [5, 5.41) is 8.24. The minimum Gasteiger partial charge on any atom is -0.449 e. The van der Waals surface area contributed by atoms with E-state index in [1.165, 1.54) is 18.3 Å². The molecule has 0 aliphatic carbocycles. The highest BCUT2D eigenvalue weighted by molar-refractivity contribution is 6.29. The van der Waals surface area contributed by atoms with Gasteiger partial charge in [-0.1, -0.05) is 29.3 Å². The van der Waals surface area contributed by atoms with Gasteiger partial charge in [0.2, 0.25) is 5.89 Å². The Kier molecular flexibility index (Phi) is 4.57. The van der Waals surface area contributed by atoms with Gasteiger partial charge in [0.05, 0.1) is 5.56 Å². The van der Waals surface area contributed by atoms with Gasteiger partial charge in [-0.25, -0.2) is 9.78 Å². The van der Waals surface area contributed by atoms with Crippen molar-refractivity contribution in [3.63, 3.8) is 0 Å². The van der Waals surface area contributed by atoms with Gasteiger partial charge in [0, 0.05) is 11.8 Å². The lowest BCUT2D eigenvalue weighted by Crippen LogP contribution is -2.09. The van der Waals surface area contributed by atoms with Crippen molar-refractivity contribution in [3.8, 4) is 11.5 Å². The van der Waals surface area contributed by atoms with E-state index in [0.29, 0.717) is 16.6 Å². The first kappa shape index (κ1) is 16.1. The largest absolute Gasteiger partial charge is 0.449 e. The number of benzene rings is 1. The molecule has 0 radical (unpaired) electrons. The summed E-state index contributed by atoms with van der Waals surface area (Å²) < 4.78 is 10.9. The van der Waals surface area contributed by atoms with E-state index in [-0.39, 0.29) is 5.89 Å². The summed E-state index contributed by atoms with van der Waals surface area (Å²) in [6.07, 6.45) is 0.669. The highest BCUT2D eigenvalue weighted by Crippen LogP contribution is 2.23. The predicted octanol–water partition coefficient (Wildman–Crippen LogP) is 4.01. The lowest BCUT2D eigenvalue weighted by Gasteiger charge is -2.09. The molecule has 2 heterocycles. The number of aromatic nitrogens is 3. The first-order valence-electron chi connectivity index (χ1n) is 7.26. The molecule has 24 heavy (non-hydrogen) atoms. The van der Waals surface area contributed by atoms with E-state index >= 15 is 0 Å². The summed E-state index contributed by atoms with van der Waals surface area (Å²) in [6.45, 7) is 3.66. The molecule has 0 unspecified atom stereocenters. The molecule has 0 N–H and O–H groups in total. The topological polar surface area (TPSA) is 78.1 Å². The molecule has 0 bridgehead atoms. The number of esters is 1. The van der Waals surface area contributed by atoms with E-state index in [4.69, 9.17) is 20.8 Å². The minimum atomic E-state index is -0.681. The van der Waals surface area contributed by atoms with Crippen LogP contribution in [0.5, 0.6) is 0 Å². The molecule has 0 aliphatic rings. The van der Waals surface area contributed by atoms with Gasteiger partial charge >= 0.3 is 5.97 Å². The van der Waals surface area contributed by atoms with Crippen LogP contribution in [-0.2, 0) is 4.74 Å². The second kappa shape index (κ2) is 6.80. The van der Waals surface area contributed by atoms with E-state index < -0.39 is 12.1 Å². The van der Waals surface area contributed by atoms with Crippen LogP contribution < -0.4 is 0 Å². The Morgan fingerprint density at radius 2 is 1.92 bits per heavy atom. The number of carbonyl (C=O) groups excluding carboxylic acids is 1. The van der Waals surface area contributed by atoms with Crippen LogP contribution >= 0.6 is 11.6 Å². The second-order valence-electron chi connectivity index (χ2n) is 5.23. The highest BCUT2D eigenvalue weighted by atomic mass is 35.5. The molecule has 3 aromatic rings. The average molecular weight is 344 g/mol. The van der Waals surface area contributed by atoms with Crippen LogP contribution in [0.1, 0.15) is 34.8 Å². The van der Waals surface area contributed by atoms with E-state index in [1.807, 2.05) is 31.2 Å². The number of halogens is 1. The molecule has 0 aliphatic heterocycles. The van der Waals surface area contributed by atoms with Crippen molar-refractivity contribution in [3.05, 3.63) is 64.8 Å². The van der Waals surface area contributed by atoms with Gasteiger partial charge in [-0.2, -0.15) is 0 Å². The highest BCUT2D eigenvalue weighted by Gasteiger charge is 2.20. The van der Waals surface area contributed by atoms with Gasteiger partial charge in [0.15, 0.2) is 6.10 Å². The van der Waals surface area contributed by atoms with Crippen molar-refractivity contribution in [2.75, 3.05) is 0 Å². The molecule has 0 saturated heterocycles. The number of ether oxygens (including phenoxy) is 1. The quantitative estimate of drug-likeness (QED) is 0.526. The van der Waals surface area contributed by atoms with Crippen molar-refractivity contribution >= 4 is 17.6 Å². The first-order valence-corrected chi connectivity index (χ1v) is 7.63. The Hall–Kier alpha value is -2.73. The summed E-state index contributed by atoms with van der Waals surface area (Å²) in [7, 11) is 0. The summed E-state index contributed by atoms with van der Waals surface area (Å²) in [6, 6.07) is 10.7. The first-order chi connectivity index (χ1) is 11.5. The molecule has 0 saturated carbocycles. The van der Waals surface area contributed by atoms with E-state index in [2.05, 4.69) is 15.2 Å². The number of aryl methyl sites for hydroxylation is 1. The van der Waals surface area contributed by atoms with Crippen molar-refractivity contribution in [2.45, 2.75) is 20.0 Å². The summed E-state index contributed by atoms with van der Waals surface area (Å²) in [4.78, 5) is 15.9. The van der Waals surface area contributed by atoms with Gasteiger partial charge < -0.3 is 9.15 Å². The van der Waals surface area contributed by atoms with Crippen LogP contribution in [0.15, 0.2) is 47.0 Å². The Morgan fingerprint density at radius 1 is 1.17 bits per heavy atom. The molecular weight excluding hydrogens is 330 g/mol. The van der Waals surface area contributed by atoms with Crippen LogP contribution in [0, 0.1) is 6.92 Å². The third-order valence-corrected chi connectivity index (χ3v) is 3.56. The Morgan fingerprint density at radius 3 is 2.58 bits per heavy atom. The van der Waals surface area contributed by atoms with Gasteiger partial charge in [-0.05, 0) is 38.1 Å². The van der Waals surface area contributed by atoms with Gasteiger partial charge in [0.1, 0.15) is 5.15 Å². The summed E-state index contributed by atoms with van der Waals surface area (Å²) >= 11 is 5.69. The molecule has 3 rings (SSSR count). The maximum Gasteiger partial charge on any atom is 0.340 e. The fourth-order valence-electron chi connectivity index (χ4n) is 1.99. The van der Waals surface area contributed by atoms with Gasteiger partial charge in [-0.15, -0.1) is 10.2 Å². The lowest BCUT2D eigenvalue weighted by atomic mass is 10.1. The van der Waals surface area contributed by atoms with E-state index in [1.54, 1.807) is 6.92 Å². The number of hydrogen-bond acceptors (Lipinski definition) is 6. The van der Waals surface area contributed by atoms with Gasteiger partial charge in [0.25, 0.3) is 5.89 Å². The normalized spacial score (nSPS) is 12.0. The molecule has 2 aromatic heterocycles. The van der Waals surface area contributed by atoms with E-state index in [0.717, 1.165) is 11.1 Å². The molecule has 0 amide bonds. The number of pyridine rings is 1. The van der Waals surface area contributed by atoms with Crippen LogP contribution in [0.25, 0.3) is 11.5 Å². The Labute approximate surface area is 143 Å². The molecule has 0 fully saturated rings. The number of hydrogen-bond donors (Lipinski definition) is 0. The molecule has 7 heteroatoms. The zero-order valence-corrected chi connectivity index (χ0v) is 13.8. The van der Waals surface area contributed by atoms with Crippen LogP contribution in [0.2, 0.25) is 5.15 Å². The number of carbonyl (C=O) groups is 1. The summed E-state index contributed by atoms with van der Waals surface area (Å²) in [5.74, 6) is 0.0589. The molecule has 1 aromatic carbocycles. The minimum absolute atomic E-state index is 0.223. The summed E-state index contributed by atoms with van der Waals surface area (Å²) in [5.41, 5.74) is 2.24. The molecular formula is C17H14ClN3O3. The second-order valence-corrected chi connectivity index (χ2v) is 5.62. The maximum atomic E-state index is 12.1. The standard InChI is InChI=1S/C17H14ClN3O3/c1-10-3-5-12(6-4-10)16-21-20-15(24-16)11(2)23-17(22)13-7-8-14(18)19-9-13/h3-9,11H,1-2H3/t11-/m1/s1. The zero-order chi connectivity index (χ0) is 17.1. The van der Waals surface area contributed by atoms with Crippen molar-refractivity contribution in [1.29, 1.82) is 0 Å². The molecule has 1 atom stereocenters. The van der Waals surface area contributed by atoms with Crippen LogP contribution in [0.3, 0.4) is 0 Å². The SMILES string of the molecule is Cc1ccc(-c2nnc([C@@H](C)OC(=O)c3ccc(Cl)nc3)o2)cc1. The maximum absolute atomic E-state index is 12.1. The van der Waals surface area contributed by atoms with Gasteiger partial charge in [-0.3, -0.25) is 0 Å². The Bertz CT molecular complexity index is 844. The smallest absolute Gasteiger partial charge is 0.340 e. The zero-order valence-electron chi connectivity index (χ0n) is 13.1. The van der Waals surface area contributed by atoms with Crippen molar-refractivity contribution in [1.82, 2.24) is 15.2 Å². The molecule has 122 valence electrons. The fourth-order valence-corrected chi connectivity index (χ4v) is 2.10. The molecule has 0 spiro atoms. The van der Waals surface area contributed by atoms with Crippen LogP contribution in [-0.4, -0.2) is 21.2 Å². The van der Waals surface area contributed by atoms with Crippen molar-refractivity contribution < 1.29 is 13.9 Å². The third kappa shape index (κ3) is 3.60. The van der Waals surface area contributed by atoms with E-state index in [9.17, 15) is 4.79 Å². The molecule has 6 nitrogen and oxygen atoms in total. The monoisotopic (exact) mass is 343 g/mol. The number of nitrogens with zero attached hydrogens (tertiary/aromatic N) is 3. The average Bonchev–Trinajstić information content (AvgIpc) is 3.06.